The zero-order valence-corrected chi connectivity index (χ0v) is 10.3. The fourth-order valence-corrected chi connectivity index (χ4v) is 2.47. The summed E-state index contributed by atoms with van der Waals surface area (Å²) in [5.74, 6) is 0. The Kier molecular flexibility index (Phi) is 2.38. The van der Waals surface area contributed by atoms with Gasteiger partial charge >= 0.3 is 6.09 Å². The highest BCUT2D eigenvalue weighted by Gasteiger charge is 2.15. The first-order valence-corrected chi connectivity index (χ1v) is 5.87. The van der Waals surface area contributed by atoms with Crippen molar-refractivity contribution in [3.05, 3.63) is 58.3 Å². The smallest absolute Gasteiger partial charge is 0.416 e. The maximum atomic E-state index is 12.5. The van der Waals surface area contributed by atoms with Crippen molar-refractivity contribution >= 4 is 27.9 Å². The second-order valence-corrected chi connectivity index (χ2v) is 4.43. The monoisotopic (exact) mass is 253 g/mol. The lowest BCUT2D eigenvalue weighted by molar-refractivity contribution is 0.198. The van der Waals surface area contributed by atoms with Crippen LogP contribution in [0.5, 0.6) is 0 Å². The van der Waals surface area contributed by atoms with Crippen LogP contribution in [-0.4, -0.2) is 15.8 Å². The Balaban J connectivity index is 2.75. The van der Waals surface area contributed by atoms with E-state index in [9.17, 15) is 14.7 Å². The number of aromatic nitrogens is 1. The van der Waals surface area contributed by atoms with E-state index < -0.39 is 6.09 Å². The average molecular weight is 253 g/mol. The molecule has 1 aromatic heterocycles. The summed E-state index contributed by atoms with van der Waals surface area (Å²) in [5.41, 5.74) is 1.50. The van der Waals surface area contributed by atoms with E-state index in [-0.39, 0.29) is 5.43 Å². The number of hydrogen-bond donors (Lipinski definition) is 1. The van der Waals surface area contributed by atoms with Gasteiger partial charge in [-0.3, -0.25) is 4.79 Å². The Morgan fingerprint density at radius 2 is 1.74 bits per heavy atom. The molecule has 94 valence electrons. The van der Waals surface area contributed by atoms with E-state index in [0.29, 0.717) is 21.8 Å². The fraction of sp³-hybridized carbons (Fsp3) is 0.0667. The molecule has 0 fully saturated rings. The second-order valence-electron chi connectivity index (χ2n) is 4.43. The quantitative estimate of drug-likeness (QED) is 0.626. The molecule has 0 aliphatic carbocycles. The molecule has 0 aliphatic rings. The fourth-order valence-electron chi connectivity index (χ4n) is 2.47. The number of pyridine rings is 1. The van der Waals surface area contributed by atoms with Gasteiger partial charge in [-0.25, -0.2) is 9.36 Å². The van der Waals surface area contributed by atoms with Gasteiger partial charge in [0.25, 0.3) is 0 Å². The van der Waals surface area contributed by atoms with Crippen molar-refractivity contribution < 1.29 is 9.90 Å². The van der Waals surface area contributed by atoms with E-state index >= 15 is 0 Å². The first kappa shape index (κ1) is 11.5. The number of carboxylic acid groups (broad SMARTS) is 1. The van der Waals surface area contributed by atoms with E-state index in [2.05, 4.69) is 0 Å². The number of benzene rings is 2. The van der Waals surface area contributed by atoms with Gasteiger partial charge < -0.3 is 5.11 Å². The molecule has 0 aliphatic heterocycles. The van der Waals surface area contributed by atoms with Crippen molar-refractivity contribution in [2.45, 2.75) is 6.92 Å². The molecule has 2 aromatic carbocycles. The summed E-state index contributed by atoms with van der Waals surface area (Å²) in [4.78, 5) is 24.0. The molecule has 4 nitrogen and oxygen atoms in total. The van der Waals surface area contributed by atoms with Crippen LogP contribution in [0.3, 0.4) is 0 Å². The molecule has 0 bridgehead atoms. The lowest BCUT2D eigenvalue weighted by Crippen LogP contribution is -2.17. The van der Waals surface area contributed by atoms with Gasteiger partial charge in [0.1, 0.15) is 0 Å². The molecule has 1 heterocycles. The molecular formula is C15H11NO3. The van der Waals surface area contributed by atoms with Crippen LogP contribution in [0.1, 0.15) is 5.56 Å². The van der Waals surface area contributed by atoms with E-state index in [1.54, 1.807) is 36.4 Å². The maximum absolute atomic E-state index is 12.5. The zero-order chi connectivity index (χ0) is 13.6. The Labute approximate surface area is 108 Å². The first-order valence-electron chi connectivity index (χ1n) is 5.87. The van der Waals surface area contributed by atoms with Crippen LogP contribution < -0.4 is 5.43 Å². The first-order chi connectivity index (χ1) is 9.11. The van der Waals surface area contributed by atoms with Crippen molar-refractivity contribution in [2.24, 2.45) is 0 Å². The lowest BCUT2D eigenvalue weighted by atomic mass is 10.1. The minimum atomic E-state index is -1.09. The third kappa shape index (κ3) is 1.53. The molecule has 1 N–H and O–H groups in total. The highest BCUT2D eigenvalue weighted by Crippen LogP contribution is 2.21. The van der Waals surface area contributed by atoms with Crippen LogP contribution >= 0.6 is 0 Å². The summed E-state index contributed by atoms with van der Waals surface area (Å²) in [6, 6.07) is 12.0. The van der Waals surface area contributed by atoms with Crippen LogP contribution in [0.2, 0.25) is 0 Å². The van der Waals surface area contributed by atoms with Crippen LogP contribution in [0, 0.1) is 6.92 Å². The van der Waals surface area contributed by atoms with Gasteiger partial charge in [0.15, 0.2) is 5.43 Å². The predicted octanol–water partition coefficient (Wildman–Crippen LogP) is 2.99. The zero-order valence-electron chi connectivity index (χ0n) is 10.3. The van der Waals surface area contributed by atoms with Crippen molar-refractivity contribution in [1.82, 2.24) is 4.57 Å². The van der Waals surface area contributed by atoms with E-state index in [0.717, 1.165) is 5.56 Å². The standard InChI is InChI=1S/C15H11NO3/c1-9-5-4-8-12-13(9)14(17)10-6-2-3-7-11(10)16(12)15(18)19/h2-8H,1H3,(H,18,19). The highest BCUT2D eigenvalue weighted by atomic mass is 16.4. The third-order valence-electron chi connectivity index (χ3n) is 3.30. The Hall–Kier alpha value is -2.62. The summed E-state index contributed by atoms with van der Waals surface area (Å²) in [6.45, 7) is 1.81. The van der Waals surface area contributed by atoms with Gasteiger partial charge in [0.05, 0.1) is 11.0 Å². The van der Waals surface area contributed by atoms with Gasteiger partial charge in [0.2, 0.25) is 0 Å². The van der Waals surface area contributed by atoms with E-state index in [1.807, 2.05) is 13.0 Å². The Morgan fingerprint density at radius 1 is 1.05 bits per heavy atom. The molecule has 0 atom stereocenters. The molecule has 0 amide bonds. The van der Waals surface area contributed by atoms with E-state index in [1.165, 1.54) is 4.57 Å². The third-order valence-corrected chi connectivity index (χ3v) is 3.30. The van der Waals surface area contributed by atoms with Gasteiger partial charge in [-0.2, -0.15) is 0 Å². The average Bonchev–Trinajstić information content (AvgIpc) is 2.38. The number of para-hydroxylation sites is 1. The number of fused-ring (bicyclic) bond motifs is 2. The van der Waals surface area contributed by atoms with Gasteiger partial charge in [-0.15, -0.1) is 0 Å². The van der Waals surface area contributed by atoms with Gasteiger partial charge in [0, 0.05) is 10.8 Å². The van der Waals surface area contributed by atoms with Gasteiger partial charge in [-0.05, 0) is 30.7 Å². The van der Waals surface area contributed by atoms with Gasteiger partial charge in [-0.1, -0.05) is 24.3 Å². The maximum Gasteiger partial charge on any atom is 0.416 e. The summed E-state index contributed by atoms with van der Waals surface area (Å²) in [7, 11) is 0. The summed E-state index contributed by atoms with van der Waals surface area (Å²) < 4.78 is 1.17. The SMILES string of the molecule is Cc1cccc2c1c(=O)c1ccccc1n2C(=O)O. The normalized spacial score (nSPS) is 11.0. The van der Waals surface area contributed by atoms with Crippen molar-refractivity contribution in [1.29, 1.82) is 0 Å². The molecule has 19 heavy (non-hydrogen) atoms. The number of nitrogens with zero attached hydrogens (tertiary/aromatic N) is 1. The highest BCUT2D eigenvalue weighted by molar-refractivity contribution is 6.01. The summed E-state index contributed by atoms with van der Waals surface area (Å²) >= 11 is 0. The molecular weight excluding hydrogens is 242 g/mol. The molecule has 0 unspecified atom stereocenters. The Bertz CT molecular complexity index is 878. The second kappa shape index (κ2) is 3.95. The van der Waals surface area contributed by atoms with Crippen LogP contribution in [0.15, 0.2) is 47.3 Å². The number of hydrogen-bond acceptors (Lipinski definition) is 2. The van der Waals surface area contributed by atoms with Crippen molar-refractivity contribution in [3.8, 4) is 0 Å². The van der Waals surface area contributed by atoms with Crippen LogP contribution in [0.4, 0.5) is 4.79 Å². The Morgan fingerprint density at radius 3 is 2.47 bits per heavy atom. The molecule has 3 aromatic rings. The molecule has 3 rings (SSSR count). The summed E-state index contributed by atoms with van der Waals surface area (Å²) in [6.07, 6.45) is -1.09. The number of rotatable bonds is 0. The number of aryl methyl sites for hydroxylation is 1. The minimum absolute atomic E-state index is 0.124. The van der Waals surface area contributed by atoms with Crippen molar-refractivity contribution in [2.75, 3.05) is 0 Å². The summed E-state index contributed by atoms with van der Waals surface area (Å²) in [5, 5.41) is 10.3. The predicted molar refractivity (Wildman–Crippen MR) is 73.9 cm³/mol. The molecule has 0 spiro atoms. The molecule has 0 saturated heterocycles. The van der Waals surface area contributed by atoms with Crippen LogP contribution in [-0.2, 0) is 0 Å². The largest absolute Gasteiger partial charge is 0.464 e. The molecule has 4 heteroatoms. The minimum Gasteiger partial charge on any atom is -0.464 e. The molecule has 0 radical (unpaired) electrons. The lowest BCUT2D eigenvalue weighted by Gasteiger charge is -2.11. The van der Waals surface area contributed by atoms with Crippen molar-refractivity contribution in [3.63, 3.8) is 0 Å². The van der Waals surface area contributed by atoms with Crippen LogP contribution in [0.25, 0.3) is 21.8 Å². The topological polar surface area (TPSA) is 59.3 Å². The molecule has 0 saturated carbocycles. The number of carbonyl (C=O) groups is 1. The van der Waals surface area contributed by atoms with E-state index in [4.69, 9.17) is 0 Å².